The third-order valence-corrected chi connectivity index (χ3v) is 6.75. The maximum Gasteiger partial charge on any atom is 0.410 e. The lowest BCUT2D eigenvalue weighted by Gasteiger charge is -2.28. The molecule has 0 aliphatic carbocycles. The molecule has 0 bridgehead atoms. The number of unbranched alkanes of at least 4 members (excludes halogenated alkanes) is 1. The Kier molecular flexibility index (Phi) is 11.3. The fraction of sp³-hybridized carbons (Fsp3) is 0.548. The van der Waals surface area contributed by atoms with E-state index in [0.717, 1.165) is 36.1 Å². The zero-order valence-corrected chi connectivity index (χ0v) is 26.3. The van der Waals surface area contributed by atoms with Crippen molar-refractivity contribution in [3.8, 4) is 11.8 Å². The Hall–Kier alpha value is -4.44. The highest BCUT2D eigenvalue weighted by atomic mass is 16.6. The van der Waals surface area contributed by atoms with Gasteiger partial charge in [0, 0.05) is 38.6 Å². The number of pyridine rings is 1. The average Bonchev–Trinajstić information content (AvgIpc) is 3.64. The number of carbonyl (C=O) groups excluding carboxylic acids is 2. The highest BCUT2D eigenvalue weighted by Crippen LogP contribution is 2.22. The molecule has 1 atom stereocenters. The first-order chi connectivity index (χ1) is 21.2. The van der Waals surface area contributed by atoms with Crippen LogP contribution in [-0.2, 0) is 20.8 Å². The van der Waals surface area contributed by atoms with Crippen molar-refractivity contribution >= 4 is 40.5 Å². The maximum atomic E-state index is 12.8. The predicted octanol–water partition coefficient (Wildman–Crippen LogP) is 4.08. The van der Waals surface area contributed by atoms with Gasteiger partial charge in [0.15, 0.2) is 5.65 Å². The summed E-state index contributed by atoms with van der Waals surface area (Å²) in [5.41, 5.74) is 1.62. The molecule has 236 valence electrons. The average molecular weight is 606 g/mol. The molecule has 4 heterocycles. The van der Waals surface area contributed by atoms with Crippen LogP contribution in [-0.4, -0.2) is 86.6 Å². The van der Waals surface area contributed by atoms with Gasteiger partial charge in [-0.1, -0.05) is 18.8 Å². The van der Waals surface area contributed by atoms with Crippen molar-refractivity contribution in [2.45, 2.75) is 78.0 Å². The zero-order chi connectivity index (χ0) is 31.5. The number of likely N-dealkylation sites (tertiary alicyclic amines) is 1. The minimum Gasteiger partial charge on any atom is -0.444 e. The molecule has 0 spiro atoms. The van der Waals surface area contributed by atoms with Gasteiger partial charge in [-0.2, -0.15) is 10.1 Å². The normalized spacial score (nSPS) is 14.7. The number of methoxy groups -OCH3 is 1. The lowest BCUT2D eigenvalue weighted by Crippen LogP contribution is -2.47. The number of fused-ring (bicyclic) bond motifs is 1. The smallest absolute Gasteiger partial charge is 0.410 e. The number of nitrogens with zero attached hydrogens (tertiary/aromatic N) is 6. The van der Waals surface area contributed by atoms with Gasteiger partial charge in [0.05, 0.1) is 43.0 Å². The third kappa shape index (κ3) is 9.03. The van der Waals surface area contributed by atoms with Crippen molar-refractivity contribution in [2.24, 2.45) is 0 Å². The standard InChI is InChI=1S/C31H43N9O4/c1-6-13-32-26-22(11-8-7-9-14-33-28(41)25-12-10-15-39(25)30(42)44-31(2,3)4)19-35-29(38-26)37-24-18-23-20-36-40(16-17-43-5)27(23)34-21-24/h18-21,25H,6-7,9-10,12-17H2,1-5H3,(H,33,41)(H2,32,35,37,38)/t25-/m0/s1. The van der Waals surface area contributed by atoms with E-state index in [-0.39, 0.29) is 5.91 Å². The van der Waals surface area contributed by atoms with Crippen molar-refractivity contribution in [1.29, 1.82) is 0 Å². The summed E-state index contributed by atoms with van der Waals surface area (Å²) < 4.78 is 12.4. The Bertz CT molecular complexity index is 1490. The van der Waals surface area contributed by atoms with E-state index in [9.17, 15) is 9.59 Å². The van der Waals surface area contributed by atoms with Gasteiger partial charge in [0.1, 0.15) is 17.5 Å². The van der Waals surface area contributed by atoms with Crippen molar-refractivity contribution in [3.05, 3.63) is 30.2 Å². The van der Waals surface area contributed by atoms with Crippen LogP contribution in [0, 0.1) is 11.8 Å². The molecule has 1 aliphatic heterocycles. The summed E-state index contributed by atoms with van der Waals surface area (Å²) in [6.45, 7) is 10.5. The molecule has 0 radical (unpaired) electrons. The second-order valence-electron chi connectivity index (χ2n) is 11.5. The maximum absolute atomic E-state index is 12.8. The molecule has 0 saturated carbocycles. The number of aromatic nitrogens is 5. The van der Waals surface area contributed by atoms with Gasteiger partial charge in [0.2, 0.25) is 11.9 Å². The molecule has 13 heteroatoms. The van der Waals surface area contributed by atoms with Gasteiger partial charge < -0.3 is 25.4 Å². The van der Waals surface area contributed by atoms with Gasteiger partial charge in [-0.25, -0.2) is 19.4 Å². The van der Waals surface area contributed by atoms with Crippen LogP contribution >= 0.6 is 0 Å². The SMILES string of the molecule is CCCNc1nc(Nc2cnc3c(cnn3CCOC)c2)ncc1C#CCCCNC(=O)[C@@H]1CCCN1C(=O)OC(C)(C)C. The summed E-state index contributed by atoms with van der Waals surface area (Å²) in [6, 6.07) is 1.46. The first-order valence-corrected chi connectivity index (χ1v) is 15.1. The largest absolute Gasteiger partial charge is 0.444 e. The van der Waals surface area contributed by atoms with E-state index < -0.39 is 17.7 Å². The summed E-state index contributed by atoms with van der Waals surface area (Å²) in [6.07, 6.45) is 8.35. The molecule has 2 amide bonds. The van der Waals surface area contributed by atoms with Gasteiger partial charge in [-0.05, 0) is 52.5 Å². The number of rotatable bonds is 12. The molecule has 0 unspecified atom stereocenters. The summed E-state index contributed by atoms with van der Waals surface area (Å²) in [7, 11) is 1.66. The second-order valence-corrected chi connectivity index (χ2v) is 11.5. The van der Waals surface area contributed by atoms with E-state index in [2.05, 4.69) is 54.8 Å². The number of amides is 2. The first kappa shape index (κ1) is 32.5. The fourth-order valence-corrected chi connectivity index (χ4v) is 4.66. The molecule has 4 rings (SSSR count). The third-order valence-electron chi connectivity index (χ3n) is 6.75. The molecular formula is C31H43N9O4. The highest BCUT2D eigenvalue weighted by molar-refractivity contribution is 5.86. The van der Waals surface area contributed by atoms with E-state index in [4.69, 9.17) is 9.47 Å². The molecule has 1 fully saturated rings. The molecule has 3 aromatic heterocycles. The summed E-state index contributed by atoms with van der Waals surface area (Å²) in [5, 5.41) is 14.8. The van der Waals surface area contributed by atoms with Crippen LogP contribution in [0.2, 0.25) is 0 Å². The van der Waals surface area contributed by atoms with Crippen LogP contribution in [0.25, 0.3) is 11.0 Å². The van der Waals surface area contributed by atoms with Gasteiger partial charge in [-0.3, -0.25) is 9.69 Å². The number of carbonyl (C=O) groups is 2. The van der Waals surface area contributed by atoms with Crippen LogP contribution in [0.1, 0.15) is 65.4 Å². The molecule has 44 heavy (non-hydrogen) atoms. The molecule has 13 nitrogen and oxygen atoms in total. The van der Waals surface area contributed by atoms with Gasteiger partial charge in [0.25, 0.3) is 0 Å². The lowest BCUT2D eigenvalue weighted by atomic mass is 10.2. The minimum absolute atomic E-state index is 0.155. The monoisotopic (exact) mass is 605 g/mol. The molecule has 1 aliphatic rings. The van der Waals surface area contributed by atoms with Gasteiger partial charge in [-0.15, -0.1) is 0 Å². The second kappa shape index (κ2) is 15.3. The van der Waals surface area contributed by atoms with Crippen LogP contribution < -0.4 is 16.0 Å². The van der Waals surface area contributed by atoms with Crippen LogP contribution in [0.15, 0.2) is 24.7 Å². The molecule has 3 N–H and O–H groups in total. The van der Waals surface area contributed by atoms with Crippen molar-refractivity contribution in [2.75, 3.05) is 44.0 Å². The number of nitrogens with one attached hydrogen (secondary N) is 3. The van der Waals surface area contributed by atoms with Crippen molar-refractivity contribution in [1.82, 2.24) is 34.9 Å². The molecular weight excluding hydrogens is 562 g/mol. The van der Waals surface area contributed by atoms with E-state index in [1.807, 2.05) is 31.5 Å². The zero-order valence-electron chi connectivity index (χ0n) is 26.3. The summed E-state index contributed by atoms with van der Waals surface area (Å²) in [4.78, 5) is 40.4. The first-order valence-electron chi connectivity index (χ1n) is 15.1. The topological polar surface area (TPSA) is 148 Å². The van der Waals surface area contributed by atoms with Crippen LogP contribution in [0.5, 0.6) is 0 Å². The van der Waals surface area contributed by atoms with Crippen LogP contribution in [0.3, 0.4) is 0 Å². The van der Waals surface area contributed by atoms with E-state index >= 15 is 0 Å². The van der Waals surface area contributed by atoms with E-state index in [1.54, 1.807) is 25.7 Å². The Labute approximate surface area is 258 Å². The highest BCUT2D eigenvalue weighted by Gasteiger charge is 2.36. The molecule has 0 aromatic carbocycles. The molecule has 3 aromatic rings. The van der Waals surface area contributed by atoms with Crippen molar-refractivity contribution < 1.29 is 19.1 Å². The number of hydrogen-bond donors (Lipinski definition) is 3. The van der Waals surface area contributed by atoms with Crippen molar-refractivity contribution in [3.63, 3.8) is 0 Å². The quantitative estimate of drug-likeness (QED) is 0.204. The fourth-order valence-electron chi connectivity index (χ4n) is 4.66. The minimum atomic E-state index is -0.602. The number of hydrogen-bond acceptors (Lipinski definition) is 10. The Morgan fingerprint density at radius 1 is 1.16 bits per heavy atom. The lowest BCUT2D eigenvalue weighted by molar-refractivity contribution is -0.125. The van der Waals surface area contributed by atoms with Gasteiger partial charge >= 0.3 is 6.09 Å². The molecule has 1 saturated heterocycles. The summed E-state index contributed by atoms with van der Waals surface area (Å²) in [5.74, 6) is 7.25. The Morgan fingerprint density at radius 3 is 2.77 bits per heavy atom. The Balaban J connectivity index is 1.31. The Morgan fingerprint density at radius 2 is 2.00 bits per heavy atom. The predicted molar refractivity (Wildman–Crippen MR) is 169 cm³/mol. The number of ether oxygens (including phenoxy) is 2. The van der Waals surface area contributed by atoms with Crippen LogP contribution in [0.4, 0.5) is 22.2 Å². The summed E-state index contributed by atoms with van der Waals surface area (Å²) >= 11 is 0. The van der Waals surface area contributed by atoms with E-state index in [0.29, 0.717) is 62.8 Å². The van der Waals surface area contributed by atoms with E-state index in [1.165, 1.54) is 4.90 Å². The number of anilines is 3.